The lowest BCUT2D eigenvalue weighted by atomic mass is 10.2. The first-order valence-corrected chi connectivity index (χ1v) is 3.08. The first-order chi connectivity index (χ1) is 4.95. The number of nitrogens with one attached hydrogen (secondary N) is 1. The highest BCUT2D eigenvalue weighted by atomic mass is 35.5. The molecule has 0 aliphatic rings. The zero-order valence-corrected chi connectivity index (χ0v) is 6.58. The number of allylic oxidation sites excluding steroid dienone is 2. The van der Waals surface area contributed by atoms with Gasteiger partial charge >= 0.3 is 0 Å². The molecule has 0 amide bonds. The zero-order chi connectivity index (χ0) is 9.02. The molecule has 60 valence electrons. The van der Waals surface area contributed by atoms with Gasteiger partial charge in [-0.3, -0.25) is 5.41 Å². The van der Waals surface area contributed by atoms with E-state index in [1.807, 2.05) is 0 Å². The predicted molar refractivity (Wildman–Crippen MR) is 45.2 cm³/mol. The van der Waals surface area contributed by atoms with Crippen LogP contribution in [0.3, 0.4) is 0 Å². The quantitative estimate of drug-likeness (QED) is 0.384. The predicted octanol–water partition coefficient (Wildman–Crippen LogP) is 2.08. The van der Waals surface area contributed by atoms with Crippen molar-refractivity contribution in [1.29, 1.82) is 5.41 Å². The van der Waals surface area contributed by atoms with Gasteiger partial charge in [-0.1, -0.05) is 24.8 Å². The van der Waals surface area contributed by atoms with Crippen LogP contribution in [0.2, 0.25) is 0 Å². The highest BCUT2D eigenvalue weighted by Gasteiger charge is 2.04. The van der Waals surface area contributed by atoms with Crippen molar-refractivity contribution in [3.63, 3.8) is 0 Å². The molecule has 0 aromatic heterocycles. The summed E-state index contributed by atoms with van der Waals surface area (Å²) in [5.74, 6) is -1.21. The number of halogens is 2. The second-order valence-electron chi connectivity index (χ2n) is 1.82. The largest absolute Gasteiger partial charge is 0.384 e. The molecule has 0 aromatic rings. The maximum atomic E-state index is 12.4. The van der Waals surface area contributed by atoms with Crippen LogP contribution in [-0.4, -0.2) is 5.84 Å². The SMILES string of the molecule is C=C(Cl)/C=C(\C(=C)F)C(=N)N. The molecule has 0 atom stereocenters. The van der Waals surface area contributed by atoms with E-state index in [0.29, 0.717) is 0 Å². The van der Waals surface area contributed by atoms with E-state index in [2.05, 4.69) is 13.2 Å². The van der Waals surface area contributed by atoms with Gasteiger partial charge in [0.25, 0.3) is 0 Å². The molecule has 0 aromatic carbocycles. The van der Waals surface area contributed by atoms with Gasteiger partial charge in [-0.25, -0.2) is 4.39 Å². The highest BCUT2D eigenvalue weighted by Crippen LogP contribution is 2.12. The first-order valence-electron chi connectivity index (χ1n) is 2.70. The van der Waals surface area contributed by atoms with Crippen LogP contribution in [0.15, 0.2) is 35.7 Å². The van der Waals surface area contributed by atoms with Gasteiger partial charge in [-0.05, 0) is 6.08 Å². The van der Waals surface area contributed by atoms with Crippen LogP contribution in [0.4, 0.5) is 4.39 Å². The number of hydrogen-bond acceptors (Lipinski definition) is 1. The van der Waals surface area contributed by atoms with Gasteiger partial charge in [0.2, 0.25) is 0 Å². The monoisotopic (exact) mass is 174 g/mol. The Hall–Kier alpha value is -1.09. The van der Waals surface area contributed by atoms with E-state index in [1.54, 1.807) is 0 Å². The third kappa shape index (κ3) is 3.57. The fraction of sp³-hybridized carbons (Fsp3) is 0. The number of nitrogens with two attached hydrogens (primary N) is 1. The molecule has 0 fully saturated rings. The minimum Gasteiger partial charge on any atom is -0.384 e. The smallest absolute Gasteiger partial charge is 0.127 e. The summed E-state index contributed by atoms with van der Waals surface area (Å²) < 4.78 is 12.4. The summed E-state index contributed by atoms with van der Waals surface area (Å²) in [5, 5.41) is 6.99. The summed E-state index contributed by atoms with van der Waals surface area (Å²) in [6.07, 6.45) is 1.15. The Morgan fingerprint density at radius 3 is 2.09 bits per heavy atom. The van der Waals surface area contributed by atoms with E-state index in [-0.39, 0.29) is 10.6 Å². The normalized spacial score (nSPS) is 10.9. The Bertz CT molecular complexity index is 227. The van der Waals surface area contributed by atoms with Gasteiger partial charge in [-0.15, -0.1) is 0 Å². The molecule has 0 rings (SSSR count). The van der Waals surface area contributed by atoms with Gasteiger partial charge in [0.1, 0.15) is 11.7 Å². The van der Waals surface area contributed by atoms with E-state index in [1.165, 1.54) is 0 Å². The van der Waals surface area contributed by atoms with Gasteiger partial charge in [0.05, 0.1) is 5.57 Å². The van der Waals surface area contributed by atoms with Crippen LogP contribution in [0.1, 0.15) is 0 Å². The summed E-state index contributed by atoms with van der Waals surface area (Å²) >= 11 is 5.33. The van der Waals surface area contributed by atoms with Crippen molar-refractivity contribution in [2.24, 2.45) is 5.73 Å². The topological polar surface area (TPSA) is 49.9 Å². The maximum absolute atomic E-state index is 12.4. The molecular weight excluding hydrogens is 167 g/mol. The van der Waals surface area contributed by atoms with Crippen molar-refractivity contribution in [3.05, 3.63) is 35.7 Å². The fourth-order valence-corrected chi connectivity index (χ4v) is 0.568. The molecule has 4 heteroatoms. The Labute approximate surface area is 69.4 Å². The van der Waals surface area contributed by atoms with Crippen molar-refractivity contribution in [2.45, 2.75) is 0 Å². The molecule has 0 spiro atoms. The molecule has 3 N–H and O–H groups in total. The summed E-state index contributed by atoms with van der Waals surface area (Å²) in [6.45, 7) is 6.26. The highest BCUT2D eigenvalue weighted by molar-refractivity contribution is 6.31. The van der Waals surface area contributed by atoms with Gasteiger partial charge in [0.15, 0.2) is 0 Å². The first kappa shape index (κ1) is 9.91. The van der Waals surface area contributed by atoms with E-state index < -0.39 is 11.7 Å². The Morgan fingerprint density at radius 1 is 1.55 bits per heavy atom. The molecule has 0 radical (unpaired) electrons. The van der Waals surface area contributed by atoms with Gasteiger partial charge in [-0.2, -0.15) is 0 Å². The summed E-state index contributed by atoms with van der Waals surface area (Å²) in [4.78, 5) is 0. The molecular formula is C7H8ClFN2. The van der Waals surface area contributed by atoms with Gasteiger partial charge < -0.3 is 5.73 Å². The Kier molecular flexibility index (Phi) is 3.54. The zero-order valence-electron chi connectivity index (χ0n) is 5.82. The second-order valence-corrected chi connectivity index (χ2v) is 2.31. The van der Waals surface area contributed by atoms with Crippen LogP contribution in [0.25, 0.3) is 0 Å². The van der Waals surface area contributed by atoms with Crippen LogP contribution in [0.5, 0.6) is 0 Å². The molecule has 0 aliphatic heterocycles. The van der Waals surface area contributed by atoms with Crippen LogP contribution < -0.4 is 5.73 Å². The number of amidine groups is 1. The summed E-state index contributed by atoms with van der Waals surface area (Å²) in [7, 11) is 0. The Balaban J connectivity index is 4.75. The fourth-order valence-electron chi connectivity index (χ4n) is 0.459. The standard InChI is InChI=1S/C7H8ClFN2/c1-4(8)3-6(5(2)9)7(10)11/h3H,1-2H2,(H3,10,11)/b6-3+. The van der Waals surface area contributed by atoms with E-state index in [9.17, 15) is 4.39 Å². The van der Waals surface area contributed by atoms with Crippen LogP contribution in [-0.2, 0) is 0 Å². The van der Waals surface area contributed by atoms with Crippen LogP contribution in [0, 0.1) is 5.41 Å². The third-order valence-corrected chi connectivity index (χ3v) is 0.992. The third-order valence-electron chi connectivity index (χ3n) is 0.883. The van der Waals surface area contributed by atoms with Crippen molar-refractivity contribution >= 4 is 17.4 Å². The minimum atomic E-state index is -0.792. The lowest BCUT2D eigenvalue weighted by molar-refractivity contribution is 0.663. The van der Waals surface area contributed by atoms with E-state index in [0.717, 1.165) is 6.08 Å². The number of hydrogen-bond donors (Lipinski definition) is 2. The lowest BCUT2D eigenvalue weighted by Gasteiger charge is -1.99. The average molecular weight is 175 g/mol. The molecule has 2 nitrogen and oxygen atoms in total. The Morgan fingerprint density at radius 2 is 2.00 bits per heavy atom. The van der Waals surface area contributed by atoms with Crippen LogP contribution >= 0.6 is 11.6 Å². The van der Waals surface area contributed by atoms with Crippen molar-refractivity contribution in [2.75, 3.05) is 0 Å². The van der Waals surface area contributed by atoms with Crippen molar-refractivity contribution in [3.8, 4) is 0 Å². The number of rotatable bonds is 3. The molecule has 0 unspecified atom stereocenters. The van der Waals surface area contributed by atoms with E-state index >= 15 is 0 Å². The van der Waals surface area contributed by atoms with E-state index in [4.69, 9.17) is 22.7 Å². The summed E-state index contributed by atoms with van der Waals surface area (Å²) in [6, 6.07) is 0. The summed E-state index contributed by atoms with van der Waals surface area (Å²) in [5.41, 5.74) is 4.87. The molecule has 0 bridgehead atoms. The lowest BCUT2D eigenvalue weighted by Crippen LogP contribution is -2.13. The molecule has 0 aliphatic carbocycles. The molecule has 11 heavy (non-hydrogen) atoms. The van der Waals surface area contributed by atoms with Crippen molar-refractivity contribution in [1.82, 2.24) is 0 Å². The molecule has 0 saturated carbocycles. The molecule has 0 saturated heterocycles. The van der Waals surface area contributed by atoms with Crippen molar-refractivity contribution < 1.29 is 4.39 Å². The molecule has 0 heterocycles. The second kappa shape index (κ2) is 3.93. The van der Waals surface area contributed by atoms with Gasteiger partial charge in [0, 0.05) is 5.03 Å². The minimum absolute atomic E-state index is 0.106. The average Bonchev–Trinajstić information content (AvgIpc) is 1.81. The maximum Gasteiger partial charge on any atom is 0.127 e.